The number of ether oxygens (including phenoxy) is 1. The van der Waals surface area contributed by atoms with Crippen LogP contribution in [0.4, 0.5) is 8.78 Å². The summed E-state index contributed by atoms with van der Waals surface area (Å²) in [7, 11) is 0. The van der Waals surface area contributed by atoms with E-state index >= 15 is 0 Å². The Kier molecular flexibility index (Phi) is 5.78. The zero-order chi connectivity index (χ0) is 11.8. The number of benzene rings is 1. The molecular weight excluding hydrogens is 212 g/mol. The maximum atomic E-state index is 13.0. The van der Waals surface area contributed by atoms with Gasteiger partial charge in [0.05, 0.1) is 13.3 Å². The molecule has 0 atom stereocenters. The number of alkyl halides is 1. The summed E-state index contributed by atoms with van der Waals surface area (Å²) in [4.78, 5) is 0. The molecule has 0 heterocycles. The van der Waals surface area contributed by atoms with Crippen LogP contribution >= 0.6 is 0 Å². The highest BCUT2D eigenvalue weighted by molar-refractivity contribution is 5.33. The predicted octanol–water partition coefficient (Wildman–Crippen LogP) is 2.67. The van der Waals surface area contributed by atoms with Gasteiger partial charge in [-0.1, -0.05) is 6.92 Å². The highest BCUT2D eigenvalue weighted by Gasteiger charge is 2.04. The first-order chi connectivity index (χ1) is 7.77. The molecule has 0 amide bonds. The van der Waals surface area contributed by atoms with E-state index in [1.54, 1.807) is 6.07 Å². The fourth-order valence-electron chi connectivity index (χ4n) is 1.32. The highest BCUT2D eigenvalue weighted by atomic mass is 19.1. The van der Waals surface area contributed by atoms with E-state index in [9.17, 15) is 8.78 Å². The summed E-state index contributed by atoms with van der Waals surface area (Å²) in [5, 5.41) is 3.10. The van der Waals surface area contributed by atoms with Crippen molar-refractivity contribution in [2.75, 3.05) is 19.8 Å². The van der Waals surface area contributed by atoms with Crippen LogP contribution in [0.25, 0.3) is 0 Å². The van der Waals surface area contributed by atoms with Gasteiger partial charge in [-0.25, -0.2) is 4.39 Å². The Morgan fingerprint density at radius 2 is 2.19 bits per heavy atom. The van der Waals surface area contributed by atoms with Crippen LogP contribution in [0.15, 0.2) is 18.2 Å². The lowest BCUT2D eigenvalue weighted by atomic mass is 10.2. The van der Waals surface area contributed by atoms with Gasteiger partial charge in [-0.3, -0.25) is 4.39 Å². The van der Waals surface area contributed by atoms with Crippen LogP contribution in [0.1, 0.15) is 18.9 Å². The third-order valence-electron chi connectivity index (χ3n) is 2.12. The molecule has 4 heteroatoms. The Balaban J connectivity index is 2.64. The zero-order valence-corrected chi connectivity index (χ0v) is 9.43. The van der Waals surface area contributed by atoms with E-state index in [2.05, 4.69) is 5.32 Å². The van der Waals surface area contributed by atoms with E-state index in [0.717, 1.165) is 12.1 Å². The average Bonchev–Trinajstić information content (AvgIpc) is 2.29. The lowest BCUT2D eigenvalue weighted by Crippen LogP contribution is -2.13. The van der Waals surface area contributed by atoms with Crippen molar-refractivity contribution in [1.82, 2.24) is 5.32 Å². The molecule has 0 unspecified atom stereocenters. The average molecular weight is 229 g/mol. The minimum Gasteiger partial charge on any atom is -0.493 e. The van der Waals surface area contributed by atoms with E-state index in [1.807, 2.05) is 6.92 Å². The summed E-state index contributed by atoms with van der Waals surface area (Å²) in [6.45, 7) is 3.26. The summed E-state index contributed by atoms with van der Waals surface area (Å²) >= 11 is 0. The second-order valence-electron chi connectivity index (χ2n) is 3.42. The maximum absolute atomic E-state index is 13.0. The summed E-state index contributed by atoms with van der Waals surface area (Å²) < 4.78 is 30.3. The molecule has 0 spiro atoms. The zero-order valence-electron chi connectivity index (χ0n) is 9.43. The van der Waals surface area contributed by atoms with Crippen LogP contribution in [0.2, 0.25) is 0 Å². The topological polar surface area (TPSA) is 21.3 Å². The summed E-state index contributed by atoms with van der Waals surface area (Å²) in [6, 6.07) is 4.37. The molecule has 0 radical (unpaired) electrons. The maximum Gasteiger partial charge on any atom is 0.123 e. The van der Waals surface area contributed by atoms with Crippen LogP contribution in [-0.2, 0) is 6.54 Å². The standard InChI is InChI=1S/C12H17F2NO/c1-2-15-9-10-8-11(14)4-5-12(10)16-7-3-6-13/h4-5,8,15H,2-3,6-7,9H2,1H3. The first kappa shape index (κ1) is 12.9. The molecule has 2 nitrogen and oxygen atoms in total. The quantitative estimate of drug-likeness (QED) is 0.726. The number of hydrogen-bond donors (Lipinski definition) is 1. The van der Waals surface area contributed by atoms with E-state index in [4.69, 9.17) is 4.74 Å². The Bertz CT molecular complexity index is 318. The molecule has 1 rings (SSSR count). The molecule has 0 fully saturated rings. The molecule has 0 aliphatic heterocycles. The number of halogens is 2. The Morgan fingerprint density at radius 1 is 1.38 bits per heavy atom. The molecule has 0 aromatic heterocycles. The van der Waals surface area contributed by atoms with E-state index in [0.29, 0.717) is 25.3 Å². The van der Waals surface area contributed by atoms with Crippen molar-refractivity contribution in [3.8, 4) is 5.75 Å². The molecule has 0 aliphatic carbocycles. The normalized spacial score (nSPS) is 10.4. The monoisotopic (exact) mass is 229 g/mol. The first-order valence-electron chi connectivity index (χ1n) is 5.45. The van der Waals surface area contributed by atoms with Crippen molar-refractivity contribution in [1.29, 1.82) is 0 Å². The van der Waals surface area contributed by atoms with Gasteiger partial charge in [0.2, 0.25) is 0 Å². The smallest absolute Gasteiger partial charge is 0.123 e. The molecular formula is C12H17F2NO. The number of nitrogens with one attached hydrogen (secondary N) is 1. The minimum atomic E-state index is -0.399. The van der Waals surface area contributed by atoms with Gasteiger partial charge in [0, 0.05) is 18.5 Å². The van der Waals surface area contributed by atoms with E-state index in [1.165, 1.54) is 12.1 Å². The van der Waals surface area contributed by atoms with Gasteiger partial charge in [-0.2, -0.15) is 0 Å². The summed E-state index contributed by atoms with van der Waals surface area (Å²) in [6.07, 6.45) is 0.359. The minimum absolute atomic E-state index is 0.286. The lowest BCUT2D eigenvalue weighted by Gasteiger charge is -2.11. The molecule has 0 saturated heterocycles. The van der Waals surface area contributed by atoms with Gasteiger partial charge in [-0.05, 0) is 24.7 Å². The molecule has 16 heavy (non-hydrogen) atoms. The third kappa shape index (κ3) is 4.14. The fourth-order valence-corrected chi connectivity index (χ4v) is 1.32. The highest BCUT2D eigenvalue weighted by Crippen LogP contribution is 2.19. The Hall–Kier alpha value is -1.16. The number of rotatable bonds is 7. The Morgan fingerprint density at radius 3 is 2.88 bits per heavy atom. The second-order valence-corrected chi connectivity index (χ2v) is 3.42. The lowest BCUT2D eigenvalue weighted by molar-refractivity contribution is 0.286. The molecule has 1 N–H and O–H groups in total. The van der Waals surface area contributed by atoms with Crippen LogP contribution in [0.5, 0.6) is 5.75 Å². The van der Waals surface area contributed by atoms with Crippen molar-refractivity contribution in [3.63, 3.8) is 0 Å². The van der Waals surface area contributed by atoms with Gasteiger partial charge in [-0.15, -0.1) is 0 Å². The van der Waals surface area contributed by atoms with Crippen LogP contribution in [0.3, 0.4) is 0 Å². The van der Waals surface area contributed by atoms with Crippen LogP contribution in [-0.4, -0.2) is 19.8 Å². The molecule has 1 aromatic rings. The number of hydrogen-bond acceptors (Lipinski definition) is 2. The molecule has 0 saturated carbocycles. The van der Waals surface area contributed by atoms with Crippen molar-refractivity contribution in [2.24, 2.45) is 0 Å². The van der Waals surface area contributed by atoms with Crippen molar-refractivity contribution < 1.29 is 13.5 Å². The van der Waals surface area contributed by atoms with Crippen LogP contribution < -0.4 is 10.1 Å². The summed E-state index contributed by atoms with van der Waals surface area (Å²) in [5.74, 6) is 0.335. The molecule has 0 bridgehead atoms. The molecule has 1 aromatic carbocycles. The van der Waals surface area contributed by atoms with Crippen molar-refractivity contribution >= 4 is 0 Å². The van der Waals surface area contributed by atoms with Crippen molar-refractivity contribution in [2.45, 2.75) is 19.9 Å². The van der Waals surface area contributed by atoms with Gasteiger partial charge >= 0.3 is 0 Å². The van der Waals surface area contributed by atoms with Gasteiger partial charge < -0.3 is 10.1 Å². The van der Waals surface area contributed by atoms with Gasteiger partial charge in [0.25, 0.3) is 0 Å². The van der Waals surface area contributed by atoms with E-state index < -0.39 is 6.67 Å². The SMILES string of the molecule is CCNCc1cc(F)ccc1OCCCF. The summed E-state index contributed by atoms with van der Waals surface area (Å²) in [5.41, 5.74) is 0.765. The Labute approximate surface area is 94.6 Å². The van der Waals surface area contributed by atoms with Crippen molar-refractivity contribution in [3.05, 3.63) is 29.6 Å². The second kappa shape index (κ2) is 7.17. The predicted molar refractivity (Wildman–Crippen MR) is 59.9 cm³/mol. The largest absolute Gasteiger partial charge is 0.493 e. The van der Waals surface area contributed by atoms with E-state index in [-0.39, 0.29) is 5.82 Å². The third-order valence-corrected chi connectivity index (χ3v) is 2.12. The molecule has 0 aliphatic rings. The van der Waals surface area contributed by atoms with Crippen LogP contribution in [0, 0.1) is 5.82 Å². The first-order valence-corrected chi connectivity index (χ1v) is 5.45. The fraction of sp³-hybridized carbons (Fsp3) is 0.500. The molecule has 90 valence electrons. The van der Waals surface area contributed by atoms with Gasteiger partial charge in [0.1, 0.15) is 11.6 Å². The van der Waals surface area contributed by atoms with Gasteiger partial charge in [0.15, 0.2) is 0 Å².